The summed E-state index contributed by atoms with van der Waals surface area (Å²) in [5, 5.41) is 11.4. The third-order valence-electron chi connectivity index (χ3n) is 1.97. The Morgan fingerprint density at radius 1 is 1.42 bits per heavy atom. The fourth-order valence-electron chi connectivity index (χ4n) is 1.25. The van der Waals surface area contributed by atoms with Gasteiger partial charge < -0.3 is 9.84 Å². The first-order chi connectivity index (χ1) is 8.65. The molecule has 1 amide bonds. The molecule has 2 N–H and O–H groups in total. The normalized spacial score (nSPS) is 11.0. The molecule has 0 aromatic heterocycles. The number of benzene rings is 1. The Balaban J connectivity index is 3.10. The first kappa shape index (κ1) is 14.9. The van der Waals surface area contributed by atoms with E-state index in [-0.39, 0.29) is 6.29 Å². The molecule has 104 valence electrons. The van der Waals surface area contributed by atoms with Crippen LogP contribution < -0.4 is 5.32 Å². The molecule has 0 fully saturated rings. The number of hydrogen-bond donors (Lipinski definition) is 2. The van der Waals surface area contributed by atoms with E-state index in [9.17, 15) is 23.5 Å². The van der Waals surface area contributed by atoms with Gasteiger partial charge in [0.05, 0.1) is 5.56 Å². The van der Waals surface area contributed by atoms with Crippen LogP contribution in [0.25, 0.3) is 0 Å². The Hall–Kier alpha value is -2.18. The lowest BCUT2D eigenvalue weighted by Gasteiger charge is -2.20. The Morgan fingerprint density at radius 2 is 2.00 bits per heavy atom. The van der Waals surface area contributed by atoms with Crippen molar-refractivity contribution in [2.45, 2.75) is 26.4 Å². The van der Waals surface area contributed by atoms with Gasteiger partial charge in [-0.1, -0.05) is 0 Å². The third kappa shape index (κ3) is 3.64. The number of carbonyl (C=O) groups is 2. The summed E-state index contributed by atoms with van der Waals surface area (Å²) in [5.41, 5.74) is -2.17. The minimum Gasteiger partial charge on any atom is -0.505 e. The number of carbonyl (C=O) groups excluding carboxylic acids is 2. The molecule has 0 aliphatic rings. The maximum atomic E-state index is 13.5. The van der Waals surface area contributed by atoms with Gasteiger partial charge in [0, 0.05) is 0 Å². The van der Waals surface area contributed by atoms with Crippen LogP contribution in [0.1, 0.15) is 31.1 Å². The van der Waals surface area contributed by atoms with Crippen LogP contribution in [-0.4, -0.2) is 23.1 Å². The molecule has 0 aliphatic heterocycles. The van der Waals surface area contributed by atoms with Gasteiger partial charge >= 0.3 is 6.09 Å². The van der Waals surface area contributed by atoms with Gasteiger partial charge in [-0.25, -0.2) is 13.6 Å². The number of phenols is 1. The summed E-state index contributed by atoms with van der Waals surface area (Å²) in [6, 6.07) is 0.526. The van der Waals surface area contributed by atoms with E-state index in [0.717, 1.165) is 0 Å². The minimum atomic E-state index is -1.48. The van der Waals surface area contributed by atoms with E-state index in [1.54, 1.807) is 20.8 Å². The number of amides is 1. The molecule has 1 aromatic rings. The fourth-order valence-corrected chi connectivity index (χ4v) is 1.25. The van der Waals surface area contributed by atoms with Gasteiger partial charge in [0.2, 0.25) is 0 Å². The molecule has 0 saturated carbocycles. The number of nitrogens with one attached hydrogen (secondary N) is 1. The first-order valence-corrected chi connectivity index (χ1v) is 5.32. The quantitative estimate of drug-likeness (QED) is 0.641. The number of aldehydes is 1. The van der Waals surface area contributed by atoms with Crippen molar-refractivity contribution in [3.63, 3.8) is 0 Å². The van der Waals surface area contributed by atoms with Gasteiger partial charge in [-0.3, -0.25) is 10.1 Å². The lowest BCUT2D eigenvalue weighted by molar-refractivity contribution is 0.0634. The lowest BCUT2D eigenvalue weighted by Crippen LogP contribution is -2.27. The average molecular weight is 273 g/mol. The molecule has 0 radical (unpaired) electrons. The van der Waals surface area contributed by atoms with Crippen molar-refractivity contribution in [1.82, 2.24) is 0 Å². The molecule has 0 saturated heterocycles. The van der Waals surface area contributed by atoms with E-state index in [4.69, 9.17) is 4.74 Å². The van der Waals surface area contributed by atoms with E-state index >= 15 is 0 Å². The molecule has 0 spiro atoms. The second-order valence-corrected chi connectivity index (χ2v) is 4.73. The van der Waals surface area contributed by atoms with Gasteiger partial charge in [0.1, 0.15) is 11.3 Å². The highest BCUT2D eigenvalue weighted by atomic mass is 19.2. The molecule has 7 heteroatoms. The highest BCUT2D eigenvalue weighted by Gasteiger charge is 2.22. The van der Waals surface area contributed by atoms with E-state index in [0.29, 0.717) is 6.07 Å². The first-order valence-electron chi connectivity index (χ1n) is 5.32. The number of ether oxygens (including phenoxy) is 1. The summed E-state index contributed by atoms with van der Waals surface area (Å²) in [4.78, 5) is 22.0. The number of rotatable bonds is 2. The van der Waals surface area contributed by atoms with Crippen LogP contribution in [0, 0.1) is 11.6 Å². The maximum Gasteiger partial charge on any atom is 0.412 e. The maximum absolute atomic E-state index is 13.5. The van der Waals surface area contributed by atoms with Crippen LogP contribution in [-0.2, 0) is 4.74 Å². The molecule has 5 nitrogen and oxygen atoms in total. The second kappa shape index (κ2) is 5.21. The van der Waals surface area contributed by atoms with Crippen molar-refractivity contribution in [3.05, 3.63) is 23.3 Å². The number of aromatic hydroxyl groups is 1. The zero-order chi connectivity index (χ0) is 14.8. The molecule has 0 aliphatic carbocycles. The topological polar surface area (TPSA) is 75.6 Å². The van der Waals surface area contributed by atoms with E-state index < -0.39 is 40.3 Å². The SMILES string of the molecule is CC(C)(C)OC(=O)Nc1c(O)c(C=O)cc(F)c1F. The monoisotopic (exact) mass is 273 g/mol. The molecule has 0 unspecified atom stereocenters. The summed E-state index contributed by atoms with van der Waals surface area (Å²) < 4.78 is 31.4. The molecule has 0 bridgehead atoms. The summed E-state index contributed by atoms with van der Waals surface area (Å²) >= 11 is 0. The minimum absolute atomic E-state index is 0.137. The number of anilines is 1. The van der Waals surface area contributed by atoms with Crippen LogP contribution in [0.4, 0.5) is 19.3 Å². The van der Waals surface area contributed by atoms with Crippen molar-refractivity contribution in [2.75, 3.05) is 5.32 Å². The van der Waals surface area contributed by atoms with Crippen LogP contribution in [0.15, 0.2) is 6.07 Å². The van der Waals surface area contributed by atoms with E-state index in [1.807, 2.05) is 5.32 Å². The largest absolute Gasteiger partial charge is 0.505 e. The Bertz CT molecular complexity index is 523. The Morgan fingerprint density at radius 3 is 2.47 bits per heavy atom. The van der Waals surface area contributed by atoms with Crippen molar-refractivity contribution >= 4 is 18.1 Å². The predicted octanol–water partition coefficient (Wildman–Crippen LogP) is 2.83. The highest BCUT2D eigenvalue weighted by molar-refractivity contribution is 5.91. The van der Waals surface area contributed by atoms with Crippen molar-refractivity contribution < 1.29 is 28.2 Å². The van der Waals surface area contributed by atoms with E-state index in [2.05, 4.69) is 0 Å². The smallest absolute Gasteiger partial charge is 0.412 e. The van der Waals surface area contributed by atoms with E-state index in [1.165, 1.54) is 0 Å². The average Bonchev–Trinajstić information content (AvgIpc) is 2.27. The zero-order valence-electron chi connectivity index (χ0n) is 10.6. The van der Waals surface area contributed by atoms with Crippen LogP contribution in [0.3, 0.4) is 0 Å². The molecule has 1 rings (SSSR count). The Kier molecular flexibility index (Phi) is 4.08. The zero-order valence-corrected chi connectivity index (χ0v) is 10.6. The number of halogens is 2. The van der Waals surface area contributed by atoms with Crippen molar-refractivity contribution in [1.29, 1.82) is 0 Å². The second-order valence-electron chi connectivity index (χ2n) is 4.73. The molecule has 0 heterocycles. The molecule has 0 atom stereocenters. The lowest BCUT2D eigenvalue weighted by atomic mass is 10.1. The van der Waals surface area contributed by atoms with Gasteiger partial charge in [-0.15, -0.1) is 0 Å². The van der Waals surface area contributed by atoms with Gasteiger partial charge in [0.15, 0.2) is 23.7 Å². The van der Waals surface area contributed by atoms with Crippen molar-refractivity contribution in [3.8, 4) is 5.75 Å². The number of hydrogen-bond acceptors (Lipinski definition) is 4. The van der Waals surface area contributed by atoms with Crippen LogP contribution in [0.2, 0.25) is 0 Å². The van der Waals surface area contributed by atoms with Gasteiger partial charge in [-0.05, 0) is 26.8 Å². The molecule has 1 aromatic carbocycles. The Labute approximate surface area is 108 Å². The fraction of sp³-hybridized carbons (Fsp3) is 0.333. The van der Waals surface area contributed by atoms with Crippen molar-refractivity contribution in [2.24, 2.45) is 0 Å². The van der Waals surface area contributed by atoms with Crippen LogP contribution in [0.5, 0.6) is 5.75 Å². The summed E-state index contributed by atoms with van der Waals surface area (Å²) in [7, 11) is 0. The predicted molar refractivity (Wildman–Crippen MR) is 63.3 cm³/mol. The summed E-state index contributed by atoms with van der Waals surface area (Å²) in [6.45, 7) is 4.72. The molecule has 19 heavy (non-hydrogen) atoms. The van der Waals surface area contributed by atoms with Crippen LogP contribution >= 0.6 is 0 Å². The van der Waals surface area contributed by atoms with Gasteiger partial charge in [0.25, 0.3) is 0 Å². The molecular formula is C12H13F2NO4. The number of phenolic OH excluding ortho intramolecular Hbond substituents is 1. The van der Waals surface area contributed by atoms with Gasteiger partial charge in [-0.2, -0.15) is 0 Å². The summed E-state index contributed by atoms with van der Waals surface area (Å²) in [6.07, 6.45) is -0.942. The summed E-state index contributed by atoms with van der Waals surface area (Å²) in [5.74, 6) is -3.71. The molecular weight excluding hydrogens is 260 g/mol. The highest BCUT2D eigenvalue weighted by Crippen LogP contribution is 2.32. The third-order valence-corrected chi connectivity index (χ3v) is 1.97. The standard InChI is InChI=1S/C12H13F2NO4/c1-12(2,3)19-11(18)15-9-8(14)7(13)4-6(5-16)10(9)17/h4-5,17H,1-3H3,(H,15,18).